The summed E-state index contributed by atoms with van der Waals surface area (Å²) in [7, 11) is 1.71. The number of aliphatic hydroxyl groups is 1. The van der Waals surface area contributed by atoms with Crippen LogP contribution in [0.1, 0.15) is 23.0 Å². The molecule has 0 bridgehead atoms. The van der Waals surface area contributed by atoms with Gasteiger partial charge in [-0.15, -0.1) is 0 Å². The van der Waals surface area contributed by atoms with Gasteiger partial charge in [-0.3, -0.25) is 4.79 Å². The summed E-state index contributed by atoms with van der Waals surface area (Å²) in [5.41, 5.74) is -1.29. The molecule has 1 amide bonds. The number of benzene rings is 1. The van der Waals surface area contributed by atoms with E-state index in [-0.39, 0.29) is 18.0 Å². The van der Waals surface area contributed by atoms with Crippen molar-refractivity contribution in [3.63, 3.8) is 0 Å². The van der Waals surface area contributed by atoms with E-state index >= 15 is 0 Å². The van der Waals surface area contributed by atoms with Gasteiger partial charge in [-0.25, -0.2) is 8.78 Å². The van der Waals surface area contributed by atoms with Crippen LogP contribution in [0.15, 0.2) is 36.5 Å². The first-order valence-corrected chi connectivity index (χ1v) is 6.39. The number of hydrogen-bond acceptors (Lipinski definition) is 2. The van der Waals surface area contributed by atoms with E-state index in [1.807, 2.05) is 0 Å². The number of nitrogens with zero attached hydrogens (tertiary/aromatic N) is 1. The summed E-state index contributed by atoms with van der Waals surface area (Å²) in [5, 5.41) is 12.8. The Hall–Kier alpha value is -2.21. The van der Waals surface area contributed by atoms with Crippen LogP contribution in [-0.2, 0) is 12.6 Å². The predicted octanol–water partition coefficient (Wildman–Crippen LogP) is 1.94. The minimum absolute atomic E-state index is 0.0731. The van der Waals surface area contributed by atoms with Crippen LogP contribution >= 0.6 is 0 Å². The Labute approximate surface area is 121 Å². The molecule has 1 aromatic carbocycles. The third-order valence-electron chi connectivity index (χ3n) is 3.28. The van der Waals surface area contributed by atoms with Crippen LogP contribution in [-0.4, -0.2) is 22.1 Å². The number of carbonyl (C=O) groups is 1. The molecule has 0 saturated carbocycles. The lowest BCUT2D eigenvalue weighted by atomic mass is 9.95. The standard InChI is InChI=1S/C15H16F2N2O2/c1-15(21,11-6-5-10(16)8-12(11)17)9-18-14(20)13-4-3-7-19(13)2/h3-8,21H,9H2,1-2H3,(H,18,20). The topological polar surface area (TPSA) is 54.3 Å². The highest BCUT2D eigenvalue weighted by Crippen LogP contribution is 2.23. The maximum atomic E-state index is 13.7. The van der Waals surface area contributed by atoms with Crippen molar-refractivity contribution in [1.82, 2.24) is 9.88 Å². The van der Waals surface area contributed by atoms with Crippen molar-refractivity contribution in [2.45, 2.75) is 12.5 Å². The number of nitrogens with one attached hydrogen (secondary N) is 1. The molecule has 2 N–H and O–H groups in total. The van der Waals surface area contributed by atoms with Gasteiger partial charge in [0.25, 0.3) is 5.91 Å². The lowest BCUT2D eigenvalue weighted by Gasteiger charge is -2.24. The number of aromatic nitrogens is 1. The molecular weight excluding hydrogens is 278 g/mol. The number of carbonyl (C=O) groups excluding carboxylic acids is 1. The molecule has 0 radical (unpaired) electrons. The molecule has 2 rings (SSSR count). The number of rotatable bonds is 4. The van der Waals surface area contributed by atoms with Crippen molar-refractivity contribution in [3.8, 4) is 0 Å². The van der Waals surface area contributed by atoms with Gasteiger partial charge in [0, 0.05) is 24.9 Å². The normalized spacial score (nSPS) is 13.8. The van der Waals surface area contributed by atoms with Crippen molar-refractivity contribution in [2.24, 2.45) is 7.05 Å². The summed E-state index contributed by atoms with van der Waals surface area (Å²) in [5.74, 6) is -1.96. The molecule has 1 atom stereocenters. The van der Waals surface area contributed by atoms with Crippen LogP contribution < -0.4 is 5.32 Å². The highest BCUT2D eigenvalue weighted by Gasteiger charge is 2.27. The molecule has 0 spiro atoms. The molecule has 0 aliphatic rings. The van der Waals surface area contributed by atoms with E-state index < -0.39 is 17.2 Å². The van der Waals surface area contributed by atoms with Crippen molar-refractivity contribution < 1.29 is 18.7 Å². The van der Waals surface area contributed by atoms with E-state index in [0.29, 0.717) is 11.8 Å². The average molecular weight is 294 g/mol. The van der Waals surface area contributed by atoms with Crippen molar-refractivity contribution >= 4 is 5.91 Å². The Bertz CT molecular complexity index is 665. The van der Waals surface area contributed by atoms with Gasteiger partial charge in [-0.1, -0.05) is 6.07 Å². The monoisotopic (exact) mass is 294 g/mol. The number of hydrogen-bond donors (Lipinski definition) is 2. The molecule has 6 heteroatoms. The molecule has 0 fully saturated rings. The minimum atomic E-state index is -1.64. The summed E-state index contributed by atoms with van der Waals surface area (Å²) in [4.78, 5) is 11.9. The van der Waals surface area contributed by atoms with E-state index in [0.717, 1.165) is 6.07 Å². The van der Waals surface area contributed by atoms with Crippen LogP contribution in [0.2, 0.25) is 0 Å². The summed E-state index contributed by atoms with van der Waals surface area (Å²) in [6, 6.07) is 6.27. The third-order valence-corrected chi connectivity index (χ3v) is 3.28. The summed E-state index contributed by atoms with van der Waals surface area (Å²) >= 11 is 0. The van der Waals surface area contributed by atoms with Crippen LogP contribution in [0.25, 0.3) is 0 Å². The molecule has 1 heterocycles. The maximum absolute atomic E-state index is 13.7. The van der Waals surface area contributed by atoms with Gasteiger partial charge in [0.2, 0.25) is 0 Å². The summed E-state index contributed by atoms with van der Waals surface area (Å²) < 4.78 is 28.2. The quantitative estimate of drug-likeness (QED) is 0.905. The second-order valence-corrected chi connectivity index (χ2v) is 5.09. The molecule has 2 aromatic rings. The lowest BCUT2D eigenvalue weighted by Crippen LogP contribution is -2.39. The molecule has 1 unspecified atom stereocenters. The van der Waals surface area contributed by atoms with Crippen LogP contribution in [0, 0.1) is 11.6 Å². The van der Waals surface area contributed by atoms with Gasteiger partial charge < -0.3 is 15.0 Å². The predicted molar refractivity (Wildman–Crippen MR) is 73.7 cm³/mol. The fraction of sp³-hybridized carbons (Fsp3) is 0.267. The van der Waals surface area contributed by atoms with E-state index in [1.165, 1.54) is 13.0 Å². The Morgan fingerprint density at radius 2 is 2.10 bits per heavy atom. The number of halogens is 2. The van der Waals surface area contributed by atoms with Gasteiger partial charge in [0.15, 0.2) is 0 Å². The zero-order valence-electron chi connectivity index (χ0n) is 11.7. The maximum Gasteiger partial charge on any atom is 0.268 e. The molecular formula is C15H16F2N2O2. The minimum Gasteiger partial charge on any atom is -0.383 e. The van der Waals surface area contributed by atoms with Crippen molar-refractivity contribution in [2.75, 3.05) is 6.54 Å². The second kappa shape index (κ2) is 5.65. The van der Waals surface area contributed by atoms with E-state index in [4.69, 9.17) is 0 Å². The molecule has 21 heavy (non-hydrogen) atoms. The summed E-state index contributed by atoms with van der Waals surface area (Å²) in [6.07, 6.45) is 1.71. The largest absolute Gasteiger partial charge is 0.383 e. The zero-order chi connectivity index (χ0) is 15.6. The fourth-order valence-corrected chi connectivity index (χ4v) is 2.06. The highest BCUT2D eigenvalue weighted by atomic mass is 19.1. The van der Waals surface area contributed by atoms with Crippen LogP contribution in [0.5, 0.6) is 0 Å². The first kappa shape index (κ1) is 15.2. The average Bonchev–Trinajstić information content (AvgIpc) is 2.82. The smallest absolute Gasteiger partial charge is 0.268 e. The lowest BCUT2D eigenvalue weighted by molar-refractivity contribution is 0.0492. The Morgan fingerprint density at radius 3 is 2.67 bits per heavy atom. The van der Waals surface area contributed by atoms with Crippen molar-refractivity contribution in [1.29, 1.82) is 0 Å². The highest BCUT2D eigenvalue weighted by molar-refractivity contribution is 5.92. The second-order valence-electron chi connectivity index (χ2n) is 5.09. The molecule has 4 nitrogen and oxygen atoms in total. The summed E-state index contributed by atoms with van der Waals surface area (Å²) in [6.45, 7) is 1.16. The SMILES string of the molecule is Cn1cccc1C(=O)NCC(C)(O)c1ccc(F)cc1F. The first-order valence-electron chi connectivity index (χ1n) is 6.39. The van der Waals surface area contributed by atoms with Crippen LogP contribution in [0.4, 0.5) is 8.78 Å². The van der Waals surface area contributed by atoms with Gasteiger partial charge in [0.05, 0.1) is 6.54 Å². The van der Waals surface area contributed by atoms with Gasteiger partial charge in [0.1, 0.15) is 22.9 Å². The number of amides is 1. The molecule has 0 saturated heterocycles. The molecule has 0 aliphatic heterocycles. The molecule has 1 aromatic heterocycles. The first-order chi connectivity index (χ1) is 9.81. The Kier molecular flexibility index (Phi) is 4.09. The Morgan fingerprint density at radius 1 is 1.38 bits per heavy atom. The molecule has 112 valence electrons. The van der Waals surface area contributed by atoms with Crippen LogP contribution in [0.3, 0.4) is 0 Å². The van der Waals surface area contributed by atoms with Gasteiger partial charge in [-0.05, 0) is 25.1 Å². The fourth-order valence-electron chi connectivity index (χ4n) is 2.06. The van der Waals surface area contributed by atoms with Gasteiger partial charge in [-0.2, -0.15) is 0 Å². The molecule has 0 aliphatic carbocycles. The number of aryl methyl sites for hydroxylation is 1. The van der Waals surface area contributed by atoms with E-state index in [9.17, 15) is 18.7 Å². The third kappa shape index (κ3) is 3.28. The van der Waals surface area contributed by atoms with Crippen molar-refractivity contribution in [3.05, 3.63) is 59.4 Å². The zero-order valence-corrected chi connectivity index (χ0v) is 11.7. The van der Waals surface area contributed by atoms with E-state index in [2.05, 4.69) is 5.32 Å². The Balaban J connectivity index is 2.11. The van der Waals surface area contributed by atoms with Gasteiger partial charge >= 0.3 is 0 Å². The van der Waals surface area contributed by atoms with E-state index in [1.54, 1.807) is 29.9 Å².